The summed E-state index contributed by atoms with van der Waals surface area (Å²) in [7, 11) is 0. The van der Waals surface area contributed by atoms with E-state index in [-0.39, 0.29) is 12.0 Å². The van der Waals surface area contributed by atoms with Crippen molar-refractivity contribution in [2.75, 3.05) is 0 Å². The molecule has 2 aromatic rings. The molecular formula is C18H22O. The fourth-order valence-corrected chi connectivity index (χ4v) is 2.60. The van der Waals surface area contributed by atoms with Crippen molar-refractivity contribution in [3.05, 3.63) is 70.8 Å². The molecule has 2 atom stereocenters. The maximum absolute atomic E-state index is 10.4. The van der Waals surface area contributed by atoms with Crippen molar-refractivity contribution in [2.24, 2.45) is 0 Å². The van der Waals surface area contributed by atoms with Crippen molar-refractivity contribution in [1.29, 1.82) is 0 Å². The summed E-state index contributed by atoms with van der Waals surface area (Å²) < 4.78 is 0. The smallest absolute Gasteiger partial charge is 0.0646 e. The lowest BCUT2D eigenvalue weighted by molar-refractivity contribution is 0.152. The maximum atomic E-state index is 10.4. The van der Waals surface area contributed by atoms with Crippen LogP contribution in [-0.4, -0.2) is 11.2 Å². The SMILES string of the molecule is CCC(O)C(c1ccccc1)c1cc(C)ccc1C. The lowest BCUT2D eigenvalue weighted by atomic mass is 9.83. The van der Waals surface area contributed by atoms with Gasteiger partial charge in [0.2, 0.25) is 0 Å². The number of rotatable bonds is 4. The van der Waals surface area contributed by atoms with Gasteiger partial charge in [0.25, 0.3) is 0 Å². The van der Waals surface area contributed by atoms with Gasteiger partial charge in [-0.1, -0.05) is 61.0 Å². The Bertz CT molecular complexity index is 531. The first kappa shape index (κ1) is 13.8. The molecule has 2 rings (SSSR count). The van der Waals surface area contributed by atoms with Crippen molar-refractivity contribution < 1.29 is 5.11 Å². The molecule has 0 aromatic heterocycles. The van der Waals surface area contributed by atoms with E-state index in [1.165, 1.54) is 22.3 Å². The van der Waals surface area contributed by atoms with Crippen LogP contribution >= 0.6 is 0 Å². The third kappa shape index (κ3) is 3.05. The van der Waals surface area contributed by atoms with Gasteiger partial charge >= 0.3 is 0 Å². The molecule has 1 heteroatoms. The molecule has 0 aliphatic carbocycles. The van der Waals surface area contributed by atoms with Crippen LogP contribution in [0, 0.1) is 13.8 Å². The molecule has 100 valence electrons. The summed E-state index contributed by atoms with van der Waals surface area (Å²) in [5, 5.41) is 10.4. The van der Waals surface area contributed by atoms with Gasteiger partial charge in [0.15, 0.2) is 0 Å². The van der Waals surface area contributed by atoms with E-state index in [9.17, 15) is 5.11 Å². The summed E-state index contributed by atoms with van der Waals surface area (Å²) >= 11 is 0. The van der Waals surface area contributed by atoms with Gasteiger partial charge in [-0.2, -0.15) is 0 Å². The number of aliphatic hydroxyl groups excluding tert-OH is 1. The molecule has 19 heavy (non-hydrogen) atoms. The summed E-state index contributed by atoms with van der Waals surface area (Å²) in [6.45, 7) is 6.25. The average molecular weight is 254 g/mol. The Labute approximate surface area is 115 Å². The van der Waals surface area contributed by atoms with Gasteiger partial charge < -0.3 is 5.11 Å². The Morgan fingerprint density at radius 1 is 1.00 bits per heavy atom. The average Bonchev–Trinajstić information content (AvgIpc) is 2.44. The minimum atomic E-state index is -0.345. The molecule has 0 heterocycles. The Morgan fingerprint density at radius 2 is 1.68 bits per heavy atom. The Hall–Kier alpha value is -1.60. The van der Waals surface area contributed by atoms with Gasteiger partial charge in [0, 0.05) is 5.92 Å². The van der Waals surface area contributed by atoms with E-state index in [4.69, 9.17) is 0 Å². The quantitative estimate of drug-likeness (QED) is 0.866. The monoisotopic (exact) mass is 254 g/mol. The molecule has 0 spiro atoms. The van der Waals surface area contributed by atoms with Crippen molar-refractivity contribution in [2.45, 2.75) is 39.2 Å². The second kappa shape index (κ2) is 6.03. The van der Waals surface area contributed by atoms with Crippen LogP contribution in [0.2, 0.25) is 0 Å². The standard InChI is InChI=1S/C18H22O/c1-4-17(19)18(15-8-6-5-7-9-15)16-12-13(2)10-11-14(16)3/h5-12,17-19H,4H2,1-3H3. The topological polar surface area (TPSA) is 20.2 Å². The van der Waals surface area contributed by atoms with Crippen LogP contribution in [0.5, 0.6) is 0 Å². The molecule has 0 saturated carbocycles. The van der Waals surface area contributed by atoms with Crippen LogP contribution in [0.15, 0.2) is 48.5 Å². The van der Waals surface area contributed by atoms with Gasteiger partial charge in [0.1, 0.15) is 0 Å². The molecule has 0 saturated heterocycles. The molecule has 0 radical (unpaired) electrons. The van der Waals surface area contributed by atoms with Crippen LogP contribution < -0.4 is 0 Å². The molecule has 0 amide bonds. The van der Waals surface area contributed by atoms with Gasteiger partial charge in [-0.05, 0) is 37.0 Å². The minimum absolute atomic E-state index is 0.0612. The van der Waals surface area contributed by atoms with E-state index in [0.717, 1.165) is 6.42 Å². The zero-order valence-corrected chi connectivity index (χ0v) is 11.9. The Balaban J connectivity index is 2.52. The van der Waals surface area contributed by atoms with Crippen molar-refractivity contribution in [3.63, 3.8) is 0 Å². The molecular weight excluding hydrogens is 232 g/mol. The highest BCUT2D eigenvalue weighted by Gasteiger charge is 2.23. The Morgan fingerprint density at radius 3 is 2.32 bits per heavy atom. The zero-order chi connectivity index (χ0) is 13.8. The van der Waals surface area contributed by atoms with E-state index >= 15 is 0 Å². The molecule has 2 aromatic carbocycles. The first-order valence-electron chi connectivity index (χ1n) is 6.93. The van der Waals surface area contributed by atoms with Crippen molar-refractivity contribution >= 4 is 0 Å². The van der Waals surface area contributed by atoms with E-state index < -0.39 is 0 Å². The number of aliphatic hydroxyl groups is 1. The van der Waals surface area contributed by atoms with Gasteiger partial charge in [-0.3, -0.25) is 0 Å². The molecule has 0 bridgehead atoms. The van der Waals surface area contributed by atoms with Crippen molar-refractivity contribution in [3.8, 4) is 0 Å². The lowest BCUT2D eigenvalue weighted by Crippen LogP contribution is -2.19. The number of hydrogen-bond donors (Lipinski definition) is 1. The maximum Gasteiger partial charge on any atom is 0.0646 e. The summed E-state index contributed by atoms with van der Waals surface area (Å²) in [5.74, 6) is 0.0612. The second-order valence-corrected chi connectivity index (χ2v) is 5.22. The third-order valence-corrected chi connectivity index (χ3v) is 3.73. The number of aryl methyl sites for hydroxylation is 2. The largest absolute Gasteiger partial charge is 0.392 e. The van der Waals surface area contributed by atoms with Crippen LogP contribution in [0.3, 0.4) is 0 Å². The summed E-state index contributed by atoms with van der Waals surface area (Å²) in [4.78, 5) is 0. The Kier molecular flexibility index (Phi) is 4.39. The second-order valence-electron chi connectivity index (χ2n) is 5.22. The van der Waals surface area contributed by atoms with E-state index in [1.807, 2.05) is 25.1 Å². The van der Waals surface area contributed by atoms with Gasteiger partial charge in [-0.25, -0.2) is 0 Å². The van der Waals surface area contributed by atoms with Crippen LogP contribution in [-0.2, 0) is 0 Å². The van der Waals surface area contributed by atoms with Gasteiger partial charge in [0.05, 0.1) is 6.10 Å². The highest BCUT2D eigenvalue weighted by molar-refractivity contribution is 5.40. The van der Waals surface area contributed by atoms with Crippen LogP contribution in [0.25, 0.3) is 0 Å². The fourth-order valence-electron chi connectivity index (χ4n) is 2.60. The first-order chi connectivity index (χ1) is 9.13. The molecule has 0 aliphatic heterocycles. The predicted molar refractivity (Wildman–Crippen MR) is 80.5 cm³/mol. The summed E-state index contributed by atoms with van der Waals surface area (Å²) in [5.41, 5.74) is 4.91. The minimum Gasteiger partial charge on any atom is -0.392 e. The molecule has 0 aliphatic rings. The third-order valence-electron chi connectivity index (χ3n) is 3.73. The van der Waals surface area contributed by atoms with E-state index in [1.54, 1.807) is 0 Å². The lowest BCUT2D eigenvalue weighted by Gasteiger charge is -2.25. The first-order valence-corrected chi connectivity index (χ1v) is 6.93. The summed E-state index contributed by atoms with van der Waals surface area (Å²) in [6.07, 6.45) is 0.412. The molecule has 1 nitrogen and oxygen atoms in total. The molecule has 0 fully saturated rings. The zero-order valence-electron chi connectivity index (χ0n) is 11.9. The normalized spacial score (nSPS) is 14.1. The van der Waals surface area contributed by atoms with E-state index in [0.29, 0.717) is 0 Å². The highest BCUT2D eigenvalue weighted by Crippen LogP contribution is 2.32. The van der Waals surface area contributed by atoms with Crippen molar-refractivity contribution in [1.82, 2.24) is 0 Å². The summed E-state index contributed by atoms with van der Waals surface area (Å²) in [6, 6.07) is 16.8. The van der Waals surface area contributed by atoms with E-state index in [2.05, 4.69) is 44.2 Å². The predicted octanol–water partition coefficient (Wildman–Crippen LogP) is 4.21. The van der Waals surface area contributed by atoms with Gasteiger partial charge in [-0.15, -0.1) is 0 Å². The highest BCUT2D eigenvalue weighted by atomic mass is 16.3. The van der Waals surface area contributed by atoms with Crippen LogP contribution in [0.1, 0.15) is 41.5 Å². The molecule has 1 N–H and O–H groups in total. The van der Waals surface area contributed by atoms with Crippen LogP contribution in [0.4, 0.5) is 0 Å². The fraction of sp³-hybridized carbons (Fsp3) is 0.333. The number of benzene rings is 2. The number of hydrogen-bond acceptors (Lipinski definition) is 1. The molecule has 2 unspecified atom stereocenters.